The van der Waals surface area contributed by atoms with Crippen LogP contribution in [0.2, 0.25) is 0 Å². The fraction of sp³-hybridized carbons (Fsp3) is 0.312. The molecule has 0 aliphatic carbocycles. The third kappa shape index (κ3) is 3.77. The summed E-state index contributed by atoms with van der Waals surface area (Å²) in [4.78, 5) is 6.76. The second-order valence-electron chi connectivity index (χ2n) is 5.78. The molecule has 0 amide bonds. The zero-order valence-corrected chi connectivity index (χ0v) is 16.0. The Hall–Kier alpha value is -1.74. The zero-order valence-electron chi connectivity index (χ0n) is 13.6. The lowest BCUT2D eigenvalue weighted by Gasteiger charge is -2.30. The van der Waals surface area contributed by atoms with E-state index in [1.54, 1.807) is 4.68 Å². The van der Waals surface area contributed by atoms with Gasteiger partial charge in [0.05, 0.1) is 11.7 Å². The van der Waals surface area contributed by atoms with Gasteiger partial charge in [0.25, 0.3) is 5.89 Å². The molecular weight excluding hydrogens is 408 g/mol. The van der Waals surface area contributed by atoms with E-state index < -0.39 is 0 Å². The Morgan fingerprint density at radius 3 is 3.00 bits per heavy atom. The highest BCUT2D eigenvalue weighted by Crippen LogP contribution is 2.23. The van der Waals surface area contributed by atoms with Gasteiger partial charge in [0, 0.05) is 30.3 Å². The molecule has 1 aliphatic rings. The molecule has 132 valence electrons. The first-order chi connectivity index (χ1) is 11.7. The van der Waals surface area contributed by atoms with Gasteiger partial charge in [-0.3, -0.25) is 4.90 Å². The van der Waals surface area contributed by atoms with Crippen molar-refractivity contribution in [3.05, 3.63) is 46.8 Å². The summed E-state index contributed by atoms with van der Waals surface area (Å²) in [6.45, 7) is 2.77. The van der Waals surface area contributed by atoms with Gasteiger partial charge in [-0.15, -0.1) is 12.4 Å². The summed E-state index contributed by atoms with van der Waals surface area (Å²) in [5.41, 5.74) is 1.63. The van der Waals surface area contributed by atoms with Crippen molar-refractivity contribution in [2.75, 3.05) is 26.7 Å². The largest absolute Gasteiger partial charge is 0.332 e. The minimum absolute atomic E-state index is 0. The molecule has 4 rings (SSSR count). The average molecular weight is 426 g/mol. The first-order valence-electron chi connectivity index (χ1n) is 7.77. The van der Waals surface area contributed by atoms with Crippen LogP contribution >= 0.6 is 28.3 Å². The highest BCUT2D eigenvalue weighted by Gasteiger charge is 2.26. The van der Waals surface area contributed by atoms with Gasteiger partial charge in [0.1, 0.15) is 0 Å². The van der Waals surface area contributed by atoms with E-state index in [1.165, 1.54) is 0 Å². The van der Waals surface area contributed by atoms with Crippen LogP contribution in [0.25, 0.3) is 17.3 Å². The van der Waals surface area contributed by atoms with E-state index in [4.69, 9.17) is 4.52 Å². The van der Waals surface area contributed by atoms with Crippen molar-refractivity contribution in [1.29, 1.82) is 0 Å². The molecule has 1 fully saturated rings. The number of nitrogens with one attached hydrogen (secondary N) is 1. The summed E-state index contributed by atoms with van der Waals surface area (Å²) >= 11 is 3.47. The number of hydrogen-bond donors (Lipinski definition) is 1. The Morgan fingerprint density at radius 1 is 1.32 bits per heavy atom. The molecule has 25 heavy (non-hydrogen) atoms. The number of benzene rings is 1. The van der Waals surface area contributed by atoms with Crippen LogP contribution in [0.15, 0.2) is 45.5 Å². The molecule has 1 unspecified atom stereocenters. The van der Waals surface area contributed by atoms with Gasteiger partial charge in [0.2, 0.25) is 0 Å². The standard InChI is InChI=1S/C16H17BrN6O.ClH/c1-22-8-6-18-10-14(22)15-19-16(24-21-15)13-5-7-23(20-13)12-4-2-3-11(17)9-12;/h2-5,7,9,14,18H,6,8,10H2,1H3;1H. The molecule has 9 heteroatoms. The predicted molar refractivity (Wildman–Crippen MR) is 100 cm³/mol. The number of piperazine rings is 1. The Balaban J connectivity index is 0.00000182. The molecule has 2 aromatic heterocycles. The summed E-state index contributed by atoms with van der Waals surface area (Å²) in [5, 5.41) is 12.0. The number of hydrogen-bond acceptors (Lipinski definition) is 6. The summed E-state index contributed by atoms with van der Waals surface area (Å²) in [6, 6.07) is 9.94. The van der Waals surface area contributed by atoms with Crippen LogP contribution in [0.1, 0.15) is 11.9 Å². The number of nitrogens with zero attached hydrogens (tertiary/aromatic N) is 5. The van der Waals surface area contributed by atoms with Gasteiger partial charge < -0.3 is 9.84 Å². The molecule has 3 aromatic rings. The number of rotatable bonds is 3. The topological polar surface area (TPSA) is 72.0 Å². The van der Waals surface area contributed by atoms with Crippen molar-refractivity contribution < 1.29 is 4.52 Å². The quantitative estimate of drug-likeness (QED) is 0.696. The second kappa shape index (κ2) is 7.65. The predicted octanol–water partition coefficient (Wildman–Crippen LogP) is 2.68. The van der Waals surface area contributed by atoms with Crippen molar-refractivity contribution >= 4 is 28.3 Å². The van der Waals surface area contributed by atoms with E-state index in [0.717, 1.165) is 29.8 Å². The second-order valence-corrected chi connectivity index (χ2v) is 6.70. The first-order valence-corrected chi connectivity index (χ1v) is 8.56. The number of likely N-dealkylation sites (N-methyl/N-ethyl adjacent to an activating group) is 1. The van der Waals surface area contributed by atoms with Crippen molar-refractivity contribution in [3.8, 4) is 17.3 Å². The molecule has 0 bridgehead atoms. The van der Waals surface area contributed by atoms with Gasteiger partial charge in [-0.2, -0.15) is 10.1 Å². The van der Waals surface area contributed by atoms with Gasteiger partial charge in [-0.05, 0) is 31.3 Å². The monoisotopic (exact) mass is 424 g/mol. The SMILES string of the molecule is CN1CCNCC1c1noc(-c2ccn(-c3cccc(Br)c3)n2)n1.Cl. The first kappa shape index (κ1) is 18.1. The third-order valence-corrected chi connectivity index (χ3v) is 4.63. The number of aromatic nitrogens is 4. The minimum Gasteiger partial charge on any atom is -0.332 e. The summed E-state index contributed by atoms with van der Waals surface area (Å²) in [7, 11) is 2.07. The number of halogens is 2. The van der Waals surface area contributed by atoms with Crippen molar-refractivity contribution in [2.45, 2.75) is 6.04 Å². The van der Waals surface area contributed by atoms with Gasteiger partial charge in [0.15, 0.2) is 11.5 Å². The fourth-order valence-corrected chi connectivity index (χ4v) is 3.16. The summed E-state index contributed by atoms with van der Waals surface area (Å²) < 4.78 is 8.22. The van der Waals surface area contributed by atoms with Gasteiger partial charge in [-0.25, -0.2) is 4.68 Å². The van der Waals surface area contributed by atoms with Crippen molar-refractivity contribution in [1.82, 2.24) is 30.1 Å². The molecule has 1 N–H and O–H groups in total. The molecule has 0 radical (unpaired) electrons. The molecule has 1 saturated heterocycles. The van der Waals surface area contributed by atoms with Crippen LogP contribution < -0.4 is 5.32 Å². The molecule has 0 spiro atoms. The lowest BCUT2D eigenvalue weighted by atomic mass is 10.2. The molecule has 0 saturated carbocycles. The maximum absolute atomic E-state index is 5.42. The Labute approximate surface area is 159 Å². The lowest BCUT2D eigenvalue weighted by Crippen LogP contribution is -2.44. The van der Waals surface area contributed by atoms with Crippen LogP contribution in [0, 0.1) is 0 Å². The summed E-state index contributed by atoms with van der Waals surface area (Å²) in [6.07, 6.45) is 1.88. The van der Waals surface area contributed by atoms with Crippen LogP contribution in [-0.4, -0.2) is 51.5 Å². The molecule has 1 atom stereocenters. The summed E-state index contributed by atoms with van der Waals surface area (Å²) in [5.74, 6) is 1.13. The van der Waals surface area contributed by atoms with Gasteiger partial charge in [-0.1, -0.05) is 27.2 Å². The molecule has 3 heterocycles. The van der Waals surface area contributed by atoms with Crippen molar-refractivity contribution in [2.24, 2.45) is 0 Å². The van der Waals surface area contributed by atoms with Crippen LogP contribution in [0.4, 0.5) is 0 Å². The molecular formula is C16H18BrClN6O. The van der Waals surface area contributed by atoms with E-state index in [9.17, 15) is 0 Å². The highest BCUT2D eigenvalue weighted by molar-refractivity contribution is 9.10. The van der Waals surface area contributed by atoms with Crippen LogP contribution in [0.5, 0.6) is 0 Å². The molecule has 7 nitrogen and oxygen atoms in total. The Bertz CT molecular complexity index is 851. The molecule has 1 aromatic carbocycles. The average Bonchev–Trinajstić information content (AvgIpc) is 3.25. The Morgan fingerprint density at radius 2 is 2.20 bits per heavy atom. The van der Waals surface area contributed by atoms with E-state index in [2.05, 4.69) is 48.4 Å². The maximum Gasteiger partial charge on any atom is 0.278 e. The zero-order chi connectivity index (χ0) is 16.5. The van der Waals surface area contributed by atoms with E-state index in [0.29, 0.717) is 17.4 Å². The Kier molecular flexibility index (Phi) is 5.53. The van der Waals surface area contributed by atoms with E-state index >= 15 is 0 Å². The normalized spacial score (nSPS) is 18.1. The molecule has 1 aliphatic heterocycles. The van der Waals surface area contributed by atoms with Crippen LogP contribution in [0.3, 0.4) is 0 Å². The lowest BCUT2D eigenvalue weighted by molar-refractivity contribution is 0.190. The van der Waals surface area contributed by atoms with Gasteiger partial charge >= 0.3 is 0 Å². The van der Waals surface area contributed by atoms with Crippen molar-refractivity contribution in [3.63, 3.8) is 0 Å². The highest BCUT2D eigenvalue weighted by atomic mass is 79.9. The maximum atomic E-state index is 5.42. The van der Waals surface area contributed by atoms with E-state index in [1.807, 2.05) is 36.5 Å². The minimum atomic E-state index is 0. The van der Waals surface area contributed by atoms with E-state index in [-0.39, 0.29) is 18.4 Å². The smallest absolute Gasteiger partial charge is 0.278 e. The van der Waals surface area contributed by atoms with Crippen LogP contribution in [-0.2, 0) is 0 Å². The third-order valence-electron chi connectivity index (χ3n) is 4.13. The fourth-order valence-electron chi connectivity index (χ4n) is 2.77.